The Morgan fingerprint density at radius 2 is 0.783 bits per heavy atom. The molecule has 0 aromatic heterocycles. The van der Waals surface area contributed by atoms with Crippen LogP contribution in [-0.2, 0) is 33.4 Å². The number of hydrogen-bond acceptors (Lipinski definition) is 0. The first-order valence-electron chi connectivity index (χ1n) is 9.40. The van der Waals surface area contributed by atoms with Crippen molar-refractivity contribution in [2.24, 2.45) is 0 Å². The summed E-state index contributed by atoms with van der Waals surface area (Å²) in [5.74, 6) is 0. The molecule has 0 amide bonds. The molecule has 0 saturated carbocycles. The first-order valence-corrected chi connectivity index (χ1v) is 13.6. The van der Waals surface area contributed by atoms with Gasteiger partial charge in [0.05, 0.1) is 0 Å². The topological polar surface area (TPSA) is 0 Å². The maximum atomic E-state index is 2.38. The minimum atomic E-state index is 0.0972. The average molecular weight is 370 g/mol. The molecule has 0 aliphatic rings. The molecule has 0 spiro atoms. The van der Waals surface area contributed by atoms with Gasteiger partial charge in [-0.1, -0.05) is 80.5 Å². The van der Waals surface area contributed by atoms with E-state index in [1.54, 1.807) is 0 Å². The van der Waals surface area contributed by atoms with Gasteiger partial charge in [-0.15, -0.1) is 0 Å². The molecule has 1 heteroatoms. The van der Waals surface area contributed by atoms with Crippen LogP contribution in [0.2, 0.25) is 10.0 Å². The summed E-state index contributed by atoms with van der Waals surface area (Å²) in [7, 11) is 0. The Bertz CT molecular complexity index is 383. The zero-order valence-corrected chi connectivity index (χ0v) is 20.8. The predicted octanol–water partition coefficient (Wildman–Crippen LogP) is 7.52. The van der Waals surface area contributed by atoms with Gasteiger partial charge in [-0.2, -0.15) is 0 Å². The zero-order valence-electron chi connectivity index (χ0n) is 17.9. The Morgan fingerprint density at radius 3 is 0.870 bits per heavy atom. The molecule has 0 fully saturated rings. The van der Waals surface area contributed by atoms with E-state index in [2.05, 4.69) is 94.4 Å². The summed E-state index contributed by atoms with van der Waals surface area (Å²) in [4.78, 5) is 0. The molecule has 0 unspecified atom stereocenters. The van der Waals surface area contributed by atoms with E-state index in [0.29, 0.717) is 0 Å². The molecule has 0 aliphatic heterocycles. The van der Waals surface area contributed by atoms with Gasteiger partial charge < -0.3 is 0 Å². The van der Waals surface area contributed by atoms with Crippen molar-refractivity contribution in [3.63, 3.8) is 0 Å². The van der Waals surface area contributed by atoms with E-state index < -0.39 is 0 Å². The van der Waals surface area contributed by atoms with Crippen molar-refractivity contribution >= 4 is 0 Å². The van der Waals surface area contributed by atoms with Crippen LogP contribution in [0.1, 0.15) is 92.9 Å². The standard InChI is InChI=1S/C18H30.2C2H5.Zn/c1-16(2,3)13-10-14(17(4,5)6)12-15(11-13)18(7,8)9;2*1-2;/h10-12H,1-9H3;2*1H2,2H3;. The van der Waals surface area contributed by atoms with E-state index in [1.165, 1.54) is 26.7 Å². The van der Waals surface area contributed by atoms with Crippen LogP contribution in [-0.4, -0.2) is 0 Å². The van der Waals surface area contributed by atoms with Crippen molar-refractivity contribution in [3.8, 4) is 0 Å². The average Bonchev–Trinajstić information content (AvgIpc) is 2.37. The summed E-state index contributed by atoms with van der Waals surface area (Å²) in [5.41, 5.74) is 4.96. The second-order valence-electron chi connectivity index (χ2n) is 9.90. The first-order chi connectivity index (χ1) is 10.2. The third-order valence-corrected chi connectivity index (χ3v) is 7.21. The fraction of sp³-hybridized carbons (Fsp3) is 0.727. The molecule has 1 aromatic carbocycles. The molecule has 0 nitrogen and oxygen atoms in total. The molecule has 0 bridgehead atoms. The fourth-order valence-corrected chi connectivity index (χ4v) is 3.76. The molecular formula is C22H40Zn. The molecule has 0 heterocycles. The van der Waals surface area contributed by atoms with Crippen molar-refractivity contribution < 1.29 is 17.1 Å². The van der Waals surface area contributed by atoms with Gasteiger partial charge in [0.25, 0.3) is 0 Å². The van der Waals surface area contributed by atoms with Gasteiger partial charge >= 0.3 is 41.0 Å². The van der Waals surface area contributed by atoms with Crippen LogP contribution >= 0.6 is 0 Å². The Labute approximate surface area is 154 Å². The summed E-state index contributed by atoms with van der Waals surface area (Å²) in [6.45, 7) is 25.2. The number of hydrogen-bond donors (Lipinski definition) is 0. The van der Waals surface area contributed by atoms with Crippen LogP contribution in [0.5, 0.6) is 0 Å². The molecule has 23 heavy (non-hydrogen) atoms. The zero-order chi connectivity index (χ0) is 18.5. The van der Waals surface area contributed by atoms with Gasteiger partial charge in [0.1, 0.15) is 0 Å². The Kier molecular flexibility index (Phi) is 8.74. The molecule has 0 radical (unpaired) electrons. The summed E-state index contributed by atoms with van der Waals surface area (Å²) < 4.78 is 0. The van der Waals surface area contributed by atoms with Gasteiger partial charge in [0.2, 0.25) is 0 Å². The third kappa shape index (κ3) is 8.48. The fourth-order valence-electron chi connectivity index (χ4n) is 2.28. The van der Waals surface area contributed by atoms with E-state index in [-0.39, 0.29) is 33.4 Å². The van der Waals surface area contributed by atoms with Gasteiger partial charge in [0.15, 0.2) is 0 Å². The van der Waals surface area contributed by atoms with Crippen LogP contribution in [0.3, 0.4) is 0 Å². The van der Waals surface area contributed by atoms with Crippen molar-refractivity contribution in [2.45, 2.75) is 102 Å². The molecule has 0 aliphatic carbocycles. The van der Waals surface area contributed by atoms with Crippen LogP contribution in [0, 0.1) is 0 Å². The molecule has 0 N–H and O–H groups in total. The van der Waals surface area contributed by atoms with Gasteiger partial charge in [-0.3, -0.25) is 0 Å². The molecule has 130 valence electrons. The second-order valence-corrected chi connectivity index (χ2v) is 15.6. The van der Waals surface area contributed by atoms with Crippen LogP contribution in [0.4, 0.5) is 0 Å². The quantitative estimate of drug-likeness (QED) is 0.472. The van der Waals surface area contributed by atoms with E-state index in [4.69, 9.17) is 0 Å². The van der Waals surface area contributed by atoms with E-state index in [9.17, 15) is 0 Å². The second kappa shape index (κ2) is 8.80. The van der Waals surface area contributed by atoms with Crippen molar-refractivity contribution in [3.05, 3.63) is 34.9 Å². The summed E-state index contributed by atoms with van der Waals surface area (Å²) in [5, 5.41) is 3.06. The van der Waals surface area contributed by atoms with Crippen LogP contribution in [0.25, 0.3) is 0 Å². The molecular weight excluding hydrogens is 330 g/mol. The normalized spacial score (nSPS) is 12.3. The molecule has 0 saturated heterocycles. The molecule has 1 rings (SSSR count). The SMILES string of the molecule is CC(C)(C)c1cc(C(C)(C)C)cc(C(C)(C)C)c1.C[CH2][Zn][CH2]C. The Balaban J connectivity index is 0.000000841. The maximum absolute atomic E-state index is 2.38. The number of benzene rings is 1. The first kappa shape index (κ1) is 22.8. The van der Waals surface area contributed by atoms with E-state index in [0.717, 1.165) is 0 Å². The van der Waals surface area contributed by atoms with Gasteiger partial charge in [0, 0.05) is 0 Å². The summed E-state index contributed by atoms with van der Waals surface area (Å²) >= 11 is 0.0972. The van der Waals surface area contributed by atoms with Gasteiger partial charge in [-0.05, 0) is 32.9 Å². The number of rotatable bonds is 2. The Hall–Kier alpha value is -0.157. The van der Waals surface area contributed by atoms with Crippen LogP contribution < -0.4 is 0 Å². The van der Waals surface area contributed by atoms with E-state index in [1.807, 2.05) is 0 Å². The molecule has 0 atom stereocenters. The summed E-state index contributed by atoms with van der Waals surface area (Å²) in [6.07, 6.45) is 0. The van der Waals surface area contributed by atoms with Crippen molar-refractivity contribution in [2.75, 3.05) is 0 Å². The molecule has 1 aromatic rings. The monoisotopic (exact) mass is 368 g/mol. The summed E-state index contributed by atoms with van der Waals surface area (Å²) in [6, 6.07) is 7.15. The third-order valence-electron chi connectivity index (χ3n) is 4.24. The minimum absolute atomic E-state index is 0.0972. The van der Waals surface area contributed by atoms with Crippen molar-refractivity contribution in [1.82, 2.24) is 0 Å². The van der Waals surface area contributed by atoms with Gasteiger partial charge in [-0.25, -0.2) is 0 Å². The van der Waals surface area contributed by atoms with Crippen molar-refractivity contribution in [1.29, 1.82) is 0 Å². The van der Waals surface area contributed by atoms with Crippen LogP contribution in [0.15, 0.2) is 18.2 Å². The predicted molar refractivity (Wildman–Crippen MR) is 104 cm³/mol. The Morgan fingerprint density at radius 1 is 0.565 bits per heavy atom. The van der Waals surface area contributed by atoms with E-state index >= 15 is 0 Å².